The van der Waals surface area contributed by atoms with E-state index < -0.39 is 9.84 Å². The number of aromatic hydroxyl groups is 1. The van der Waals surface area contributed by atoms with E-state index in [9.17, 15) is 13.5 Å². The molecule has 4 nitrogen and oxygen atoms in total. The van der Waals surface area contributed by atoms with Crippen LogP contribution in [0.3, 0.4) is 0 Å². The maximum absolute atomic E-state index is 12.8. The van der Waals surface area contributed by atoms with Gasteiger partial charge in [0.1, 0.15) is 17.2 Å². The highest BCUT2D eigenvalue weighted by molar-refractivity contribution is 7.91. The van der Waals surface area contributed by atoms with Crippen LogP contribution >= 0.6 is 0 Å². The van der Waals surface area contributed by atoms with Crippen molar-refractivity contribution in [3.63, 3.8) is 0 Å². The van der Waals surface area contributed by atoms with Gasteiger partial charge in [-0.3, -0.25) is 0 Å². The van der Waals surface area contributed by atoms with Gasteiger partial charge in [-0.05, 0) is 96.5 Å². The minimum atomic E-state index is -3.56. The maximum Gasteiger partial charge on any atom is 0.206 e. The van der Waals surface area contributed by atoms with E-state index in [1.54, 1.807) is 66.7 Å². The average molecular weight is 499 g/mol. The first-order valence-electron chi connectivity index (χ1n) is 12.2. The molecule has 0 amide bonds. The Kier molecular flexibility index (Phi) is 6.13. The molecule has 5 rings (SSSR count). The highest BCUT2D eigenvalue weighted by atomic mass is 32.2. The molecule has 1 N–H and O–H groups in total. The molecule has 0 heterocycles. The summed E-state index contributed by atoms with van der Waals surface area (Å²) >= 11 is 0. The van der Waals surface area contributed by atoms with Gasteiger partial charge in [0.05, 0.1) is 9.79 Å². The fraction of sp³-hybridized carbons (Fsp3) is 0.226. The van der Waals surface area contributed by atoms with Gasteiger partial charge >= 0.3 is 0 Å². The summed E-state index contributed by atoms with van der Waals surface area (Å²) in [4.78, 5) is 0.503. The Labute approximate surface area is 213 Å². The van der Waals surface area contributed by atoms with Crippen LogP contribution in [0.2, 0.25) is 0 Å². The standard InChI is InChI=1S/C31H30O4S/c1-30(2)20-21-31(22-30,23-8-12-25(32)13-9-23)24-10-14-26(15-11-24)35-27-16-18-29(19-17-27)36(33,34)28-6-4-3-5-7-28/h3-19,32H,20-22H2,1-2H3. The number of hydrogen-bond donors (Lipinski definition) is 1. The fourth-order valence-electron chi connectivity index (χ4n) is 5.39. The smallest absolute Gasteiger partial charge is 0.206 e. The van der Waals surface area contributed by atoms with Crippen LogP contribution in [0.1, 0.15) is 44.2 Å². The molecule has 0 bridgehead atoms. The van der Waals surface area contributed by atoms with Gasteiger partial charge < -0.3 is 9.84 Å². The number of hydrogen-bond acceptors (Lipinski definition) is 4. The average Bonchev–Trinajstić information content (AvgIpc) is 3.22. The Morgan fingerprint density at radius 3 is 1.69 bits per heavy atom. The highest BCUT2D eigenvalue weighted by Crippen LogP contribution is 2.54. The van der Waals surface area contributed by atoms with E-state index in [0.717, 1.165) is 19.3 Å². The van der Waals surface area contributed by atoms with E-state index >= 15 is 0 Å². The molecule has 0 spiro atoms. The molecule has 0 aromatic heterocycles. The first-order chi connectivity index (χ1) is 17.2. The Balaban J connectivity index is 1.37. The second-order valence-electron chi connectivity index (χ2n) is 10.4. The van der Waals surface area contributed by atoms with Crippen molar-refractivity contribution < 1.29 is 18.3 Å². The first kappa shape index (κ1) is 24.1. The van der Waals surface area contributed by atoms with E-state index in [2.05, 4.69) is 26.0 Å². The van der Waals surface area contributed by atoms with Gasteiger partial charge in [-0.25, -0.2) is 8.42 Å². The first-order valence-corrected chi connectivity index (χ1v) is 13.6. The molecule has 0 aliphatic heterocycles. The van der Waals surface area contributed by atoms with E-state index in [-0.39, 0.29) is 26.4 Å². The molecule has 5 heteroatoms. The second kappa shape index (κ2) is 9.14. The van der Waals surface area contributed by atoms with Gasteiger partial charge in [-0.1, -0.05) is 56.3 Å². The van der Waals surface area contributed by atoms with E-state index in [1.165, 1.54) is 11.1 Å². The SMILES string of the molecule is CC1(C)CCC(c2ccc(O)cc2)(c2ccc(Oc3ccc(S(=O)(=O)c4ccccc4)cc3)cc2)C1. The van der Waals surface area contributed by atoms with Crippen LogP contribution in [-0.4, -0.2) is 13.5 Å². The Morgan fingerprint density at radius 2 is 1.17 bits per heavy atom. The molecule has 1 fully saturated rings. The summed E-state index contributed by atoms with van der Waals surface area (Å²) in [7, 11) is -3.56. The highest BCUT2D eigenvalue weighted by Gasteiger charge is 2.45. The van der Waals surface area contributed by atoms with Crippen LogP contribution in [0.15, 0.2) is 113 Å². The second-order valence-corrected chi connectivity index (χ2v) is 12.3. The number of rotatable bonds is 6. The summed E-state index contributed by atoms with van der Waals surface area (Å²) in [6.07, 6.45) is 3.20. The maximum atomic E-state index is 12.8. The largest absolute Gasteiger partial charge is 0.508 e. The third-order valence-corrected chi connectivity index (χ3v) is 9.04. The van der Waals surface area contributed by atoms with Crippen LogP contribution in [0.5, 0.6) is 17.2 Å². The molecule has 1 aliphatic carbocycles. The van der Waals surface area contributed by atoms with Crippen LogP contribution in [0.4, 0.5) is 0 Å². The number of phenolic OH excluding ortho intramolecular Hbond substituents is 1. The predicted octanol–water partition coefficient (Wildman–Crippen LogP) is 7.51. The van der Waals surface area contributed by atoms with Crippen molar-refractivity contribution in [2.24, 2.45) is 5.41 Å². The molecule has 36 heavy (non-hydrogen) atoms. The van der Waals surface area contributed by atoms with Gasteiger partial charge in [0.25, 0.3) is 0 Å². The van der Waals surface area contributed by atoms with Crippen molar-refractivity contribution >= 4 is 9.84 Å². The number of phenols is 1. The lowest BCUT2D eigenvalue weighted by atomic mass is 9.71. The van der Waals surface area contributed by atoms with Gasteiger partial charge in [-0.15, -0.1) is 0 Å². The van der Waals surface area contributed by atoms with E-state index in [4.69, 9.17) is 4.74 Å². The van der Waals surface area contributed by atoms with Crippen LogP contribution in [-0.2, 0) is 15.3 Å². The monoisotopic (exact) mass is 498 g/mol. The van der Waals surface area contributed by atoms with Gasteiger partial charge in [0, 0.05) is 5.41 Å². The Morgan fingerprint density at radius 1 is 0.667 bits per heavy atom. The molecule has 1 unspecified atom stereocenters. The normalized spacial score (nSPS) is 19.2. The molecule has 0 radical (unpaired) electrons. The summed E-state index contributed by atoms with van der Waals surface area (Å²) in [5, 5.41) is 9.80. The number of benzene rings is 4. The molecule has 4 aromatic rings. The Hall–Kier alpha value is -3.57. The lowest BCUT2D eigenvalue weighted by Crippen LogP contribution is -2.25. The lowest BCUT2D eigenvalue weighted by Gasteiger charge is -2.32. The van der Waals surface area contributed by atoms with Gasteiger partial charge in [0.15, 0.2) is 0 Å². The molecule has 184 valence electrons. The molecular weight excluding hydrogens is 468 g/mol. The zero-order chi connectivity index (χ0) is 25.4. The quantitative estimate of drug-likeness (QED) is 0.299. The molecule has 4 aromatic carbocycles. The Bertz CT molecular complexity index is 1440. The van der Waals surface area contributed by atoms with Crippen molar-refractivity contribution in [1.29, 1.82) is 0 Å². The fourth-order valence-corrected chi connectivity index (χ4v) is 6.67. The third-order valence-electron chi connectivity index (χ3n) is 7.26. The number of sulfone groups is 1. The van der Waals surface area contributed by atoms with Crippen molar-refractivity contribution in [2.45, 2.75) is 48.3 Å². The minimum absolute atomic E-state index is 0.108. The van der Waals surface area contributed by atoms with Crippen molar-refractivity contribution in [3.8, 4) is 17.2 Å². The van der Waals surface area contributed by atoms with Crippen molar-refractivity contribution in [3.05, 3.63) is 114 Å². The van der Waals surface area contributed by atoms with E-state index in [1.807, 2.05) is 24.3 Å². The zero-order valence-electron chi connectivity index (χ0n) is 20.5. The summed E-state index contributed by atoms with van der Waals surface area (Å²) in [5.74, 6) is 1.54. The summed E-state index contributed by atoms with van der Waals surface area (Å²) in [5.41, 5.74) is 2.57. The van der Waals surface area contributed by atoms with Crippen LogP contribution in [0.25, 0.3) is 0 Å². The molecule has 0 saturated heterocycles. The zero-order valence-corrected chi connectivity index (χ0v) is 21.3. The van der Waals surface area contributed by atoms with Crippen LogP contribution < -0.4 is 4.74 Å². The summed E-state index contributed by atoms with van der Waals surface area (Å²) in [6, 6.07) is 30.7. The van der Waals surface area contributed by atoms with E-state index in [0.29, 0.717) is 11.5 Å². The van der Waals surface area contributed by atoms with Gasteiger partial charge in [0.2, 0.25) is 9.84 Å². The summed E-state index contributed by atoms with van der Waals surface area (Å²) in [6.45, 7) is 4.63. The molecular formula is C31H30O4S. The topological polar surface area (TPSA) is 63.6 Å². The molecule has 1 atom stereocenters. The summed E-state index contributed by atoms with van der Waals surface area (Å²) < 4.78 is 31.7. The number of ether oxygens (including phenoxy) is 1. The van der Waals surface area contributed by atoms with Crippen molar-refractivity contribution in [2.75, 3.05) is 0 Å². The third kappa shape index (κ3) is 4.63. The van der Waals surface area contributed by atoms with Crippen LogP contribution in [0, 0.1) is 5.41 Å². The molecule has 1 aliphatic rings. The lowest BCUT2D eigenvalue weighted by molar-refractivity contribution is 0.356. The molecule has 1 saturated carbocycles. The minimum Gasteiger partial charge on any atom is -0.508 e. The van der Waals surface area contributed by atoms with Crippen molar-refractivity contribution in [1.82, 2.24) is 0 Å². The van der Waals surface area contributed by atoms with Gasteiger partial charge in [-0.2, -0.15) is 0 Å². The predicted molar refractivity (Wildman–Crippen MR) is 141 cm³/mol.